The van der Waals surface area contributed by atoms with Crippen LogP contribution >= 0.6 is 11.3 Å². The lowest BCUT2D eigenvalue weighted by atomic mass is 10.2. The highest BCUT2D eigenvalue weighted by molar-refractivity contribution is 7.20. The molecule has 0 radical (unpaired) electrons. The average molecular weight is 385 g/mol. The van der Waals surface area contributed by atoms with Crippen LogP contribution in [-0.2, 0) is 9.47 Å². The van der Waals surface area contributed by atoms with Gasteiger partial charge in [0.2, 0.25) is 0 Å². The summed E-state index contributed by atoms with van der Waals surface area (Å²) in [6.45, 7) is 5.06. The van der Waals surface area contributed by atoms with E-state index < -0.39 is 29.5 Å². The van der Waals surface area contributed by atoms with Gasteiger partial charge in [-0.25, -0.2) is 18.4 Å². The van der Waals surface area contributed by atoms with E-state index in [-0.39, 0.29) is 16.3 Å². The van der Waals surface area contributed by atoms with Crippen molar-refractivity contribution >= 4 is 28.6 Å². The molecule has 1 heterocycles. The molecule has 0 aliphatic rings. The lowest BCUT2D eigenvalue weighted by Gasteiger charge is -2.19. The minimum absolute atomic E-state index is 0.0496. The van der Waals surface area contributed by atoms with Crippen LogP contribution in [0.3, 0.4) is 0 Å². The highest BCUT2D eigenvalue weighted by Gasteiger charge is 2.22. The van der Waals surface area contributed by atoms with Crippen molar-refractivity contribution in [3.05, 3.63) is 35.9 Å². The number of methoxy groups -OCH3 is 1. The first-order valence-electron chi connectivity index (χ1n) is 7.44. The number of amides is 1. The first-order chi connectivity index (χ1) is 12.1. The molecule has 0 aliphatic heterocycles. The number of carbonyl (C=O) groups excluding carboxylic acids is 2. The molecule has 0 spiro atoms. The second kappa shape index (κ2) is 7.69. The van der Waals surface area contributed by atoms with E-state index in [1.807, 2.05) is 0 Å². The molecule has 2 aromatic rings. The zero-order valence-electron chi connectivity index (χ0n) is 14.5. The van der Waals surface area contributed by atoms with E-state index in [2.05, 4.69) is 10.1 Å². The van der Waals surface area contributed by atoms with Crippen LogP contribution in [0.15, 0.2) is 24.3 Å². The number of benzene rings is 1. The molecule has 26 heavy (non-hydrogen) atoms. The first-order valence-corrected chi connectivity index (χ1v) is 8.26. The van der Waals surface area contributed by atoms with E-state index >= 15 is 0 Å². The summed E-state index contributed by atoms with van der Waals surface area (Å²) in [6, 6.07) is 4.41. The second-order valence-electron chi connectivity index (χ2n) is 6.11. The summed E-state index contributed by atoms with van der Waals surface area (Å²) in [6.07, 6.45) is -1.79. The zero-order chi connectivity index (χ0) is 19.5. The fourth-order valence-electron chi connectivity index (χ4n) is 1.89. The molecule has 0 fully saturated rings. The van der Waals surface area contributed by atoms with Crippen LogP contribution in [0.5, 0.6) is 5.75 Å². The number of ether oxygens (including phenoxy) is 3. The summed E-state index contributed by atoms with van der Waals surface area (Å²) in [5.41, 5.74) is -0.653. The van der Waals surface area contributed by atoms with Gasteiger partial charge in [-0.1, -0.05) is 0 Å². The average Bonchev–Trinajstić information content (AvgIpc) is 2.87. The molecule has 0 aliphatic carbocycles. The Morgan fingerprint density at radius 2 is 1.85 bits per heavy atom. The normalized spacial score (nSPS) is 11.0. The monoisotopic (exact) mass is 385 g/mol. The number of rotatable bonds is 3. The highest BCUT2D eigenvalue weighted by atomic mass is 32.1. The molecule has 9 heteroatoms. The maximum atomic E-state index is 14.0. The SMILES string of the molecule is COC(=O)Oc1cc(-c2ccc(F)cc2F)sc1NC(=O)OC(C)(C)C. The molecule has 0 saturated heterocycles. The van der Waals surface area contributed by atoms with Gasteiger partial charge in [0.1, 0.15) is 22.2 Å². The molecule has 0 saturated carbocycles. The van der Waals surface area contributed by atoms with Crippen LogP contribution in [-0.4, -0.2) is 25.0 Å². The molecule has 6 nitrogen and oxygen atoms in total. The number of thiophene rings is 1. The van der Waals surface area contributed by atoms with Gasteiger partial charge in [-0.15, -0.1) is 11.3 Å². The van der Waals surface area contributed by atoms with E-state index in [0.29, 0.717) is 4.88 Å². The minimum Gasteiger partial charge on any atom is -0.444 e. The summed E-state index contributed by atoms with van der Waals surface area (Å²) in [4.78, 5) is 23.7. The third-order valence-corrected chi connectivity index (χ3v) is 3.93. The maximum Gasteiger partial charge on any atom is 0.513 e. The topological polar surface area (TPSA) is 73.9 Å². The van der Waals surface area contributed by atoms with E-state index in [0.717, 1.165) is 30.6 Å². The zero-order valence-corrected chi connectivity index (χ0v) is 15.3. The number of carbonyl (C=O) groups is 2. The van der Waals surface area contributed by atoms with Crippen LogP contribution in [0.25, 0.3) is 10.4 Å². The Labute approximate surface area is 152 Å². The Kier molecular flexibility index (Phi) is 5.81. The fraction of sp³-hybridized carbons (Fsp3) is 0.294. The third-order valence-electron chi connectivity index (χ3n) is 2.87. The molecule has 1 aromatic carbocycles. The van der Waals surface area contributed by atoms with Crippen LogP contribution < -0.4 is 10.1 Å². The third kappa shape index (κ3) is 5.16. The number of halogens is 2. The Hall–Kier alpha value is -2.68. The van der Waals surface area contributed by atoms with Gasteiger partial charge in [-0.3, -0.25) is 5.32 Å². The Balaban J connectivity index is 2.37. The van der Waals surface area contributed by atoms with Crippen molar-refractivity contribution in [3.63, 3.8) is 0 Å². The molecule has 1 aromatic heterocycles. The summed E-state index contributed by atoms with van der Waals surface area (Å²) < 4.78 is 41.7. The Morgan fingerprint density at radius 1 is 1.15 bits per heavy atom. The summed E-state index contributed by atoms with van der Waals surface area (Å²) >= 11 is 0.932. The van der Waals surface area contributed by atoms with E-state index in [1.165, 1.54) is 12.1 Å². The molecule has 0 atom stereocenters. The number of hydrogen-bond donors (Lipinski definition) is 1. The fourth-order valence-corrected chi connectivity index (χ4v) is 2.88. The lowest BCUT2D eigenvalue weighted by molar-refractivity contribution is 0.0635. The maximum absolute atomic E-state index is 14.0. The summed E-state index contributed by atoms with van der Waals surface area (Å²) in [5.74, 6) is -1.56. The van der Waals surface area contributed by atoms with Gasteiger partial charge in [0.05, 0.1) is 7.11 Å². The predicted octanol–water partition coefficient (Wildman–Crippen LogP) is 5.19. The lowest BCUT2D eigenvalue weighted by Crippen LogP contribution is -2.27. The van der Waals surface area contributed by atoms with Crippen LogP contribution in [0.2, 0.25) is 0 Å². The molecule has 1 N–H and O–H groups in total. The molecule has 0 unspecified atom stereocenters. The van der Waals surface area contributed by atoms with Crippen molar-refractivity contribution < 1.29 is 32.6 Å². The minimum atomic E-state index is -1.01. The predicted molar refractivity (Wildman–Crippen MR) is 92.6 cm³/mol. The number of hydrogen-bond acceptors (Lipinski definition) is 6. The highest BCUT2D eigenvalue weighted by Crippen LogP contribution is 2.41. The van der Waals surface area contributed by atoms with Gasteiger partial charge in [-0.05, 0) is 32.9 Å². The van der Waals surface area contributed by atoms with E-state index in [1.54, 1.807) is 20.8 Å². The Morgan fingerprint density at radius 3 is 2.42 bits per heavy atom. The molecule has 2 rings (SSSR count). The largest absolute Gasteiger partial charge is 0.513 e. The van der Waals surface area contributed by atoms with Gasteiger partial charge < -0.3 is 14.2 Å². The standard InChI is InChI=1S/C17H17F2NO5S/c1-17(2,3)25-15(21)20-14-12(24-16(22)23-4)8-13(26-14)10-6-5-9(18)7-11(10)19/h5-8H,1-4H3,(H,20,21). The van der Waals surface area contributed by atoms with E-state index in [9.17, 15) is 18.4 Å². The molecule has 1 amide bonds. The quantitative estimate of drug-likeness (QED) is 0.737. The van der Waals surface area contributed by atoms with Crippen molar-refractivity contribution in [3.8, 4) is 16.2 Å². The summed E-state index contributed by atoms with van der Waals surface area (Å²) in [5, 5.41) is 2.56. The van der Waals surface area contributed by atoms with E-state index in [4.69, 9.17) is 9.47 Å². The number of nitrogens with one attached hydrogen (secondary N) is 1. The first kappa shape index (κ1) is 19.6. The summed E-state index contributed by atoms with van der Waals surface area (Å²) in [7, 11) is 1.12. The molecule has 140 valence electrons. The van der Waals surface area contributed by atoms with Gasteiger partial charge >= 0.3 is 12.2 Å². The van der Waals surface area contributed by atoms with Crippen molar-refractivity contribution in [2.24, 2.45) is 0 Å². The van der Waals surface area contributed by atoms with Crippen LogP contribution in [0, 0.1) is 11.6 Å². The Bertz CT molecular complexity index is 829. The molecular weight excluding hydrogens is 368 g/mol. The second-order valence-corrected chi connectivity index (χ2v) is 7.16. The molecule has 0 bridgehead atoms. The van der Waals surface area contributed by atoms with Gasteiger partial charge in [0.25, 0.3) is 0 Å². The van der Waals surface area contributed by atoms with Crippen LogP contribution in [0.1, 0.15) is 20.8 Å². The van der Waals surface area contributed by atoms with Gasteiger partial charge in [-0.2, -0.15) is 0 Å². The van der Waals surface area contributed by atoms with Gasteiger partial charge in [0, 0.05) is 22.6 Å². The van der Waals surface area contributed by atoms with Crippen LogP contribution in [0.4, 0.5) is 23.4 Å². The smallest absolute Gasteiger partial charge is 0.444 e. The van der Waals surface area contributed by atoms with Crippen molar-refractivity contribution in [1.82, 2.24) is 0 Å². The van der Waals surface area contributed by atoms with Crippen molar-refractivity contribution in [2.75, 3.05) is 12.4 Å². The van der Waals surface area contributed by atoms with Gasteiger partial charge in [0.15, 0.2) is 5.75 Å². The molecular formula is C17H17F2NO5S. The van der Waals surface area contributed by atoms with Crippen molar-refractivity contribution in [2.45, 2.75) is 26.4 Å². The van der Waals surface area contributed by atoms with Crippen molar-refractivity contribution in [1.29, 1.82) is 0 Å². The number of anilines is 1.